The van der Waals surface area contributed by atoms with Crippen molar-refractivity contribution in [2.24, 2.45) is 5.73 Å². The van der Waals surface area contributed by atoms with Crippen LogP contribution >= 0.6 is 0 Å². The predicted octanol–water partition coefficient (Wildman–Crippen LogP) is 1.56. The SMILES string of the molecule is CC(C)(O)c1ccn(-c2cccc(CN)c2)n1. The number of aromatic nitrogens is 2. The van der Waals surface area contributed by atoms with Crippen molar-refractivity contribution < 1.29 is 5.11 Å². The second kappa shape index (κ2) is 4.31. The van der Waals surface area contributed by atoms with Gasteiger partial charge in [0.25, 0.3) is 0 Å². The number of rotatable bonds is 3. The Bertz CT molecular complexity index is 511. The van der Waals surface area contributed by atoms with Crippen molar-refractivity contribution in [1.29, 1.82) is 0 Å². The zero-order valence-electron chi connectivity index (χ0n) is 10.1. The second-order valence-electron chi connectivity index (χ2n) is 4.58. The third-order valence-electron chi connectivity index (χ3n) is 2.63. The Kier molecular flexibility index (Phi) is 3.00. The lowest BCUT2D eigenvalue weighted by atomic mass is 10.1. The predicted molar refractivity (Wildman–Crippen MR) is 66.7 cm³/mol. The third-order valence-corrected chi connectivity index (χ3v) is 2.63. The molecule has 0 saturated heterocycles. The van der Waals surface area contributed by atoms with E-state index in [1.54, 1.807) is 18.5 Å². The van der Waals surface area contributed by atoms with E-state index in [1.807, 2.05) is 36.5 Å². The molecule has 2 rings (SSSR count). The Labute approximate surface area is 101 Å². The normalized spacial score (nSPS) is 11.8. The minimum Gasteiger partial charge on any atom is -0.384 e. The summed E-state index contributed by atoms with van der Waals surface area (Å²) in [5, 5.41) is 14.2. The molecule has 4 nitrogen and oxygen atoms in total. The smallest absolute Gasteiger partial charge is 0.103 e. The van der Waals surface area contributed by atoms with Crippen LogP contribution in [0.1, 0.15) is 25.1 Å². The molecule has 0 saturated carbocycles. The summed E-state index contributed by atoms with van der Waals surface area (Å²) in [5.74, 6) is 0. The van der Waals surface area contributed by atoms with Crippen molar-refractivity contribution in [3.8, 4) is 5.69 Å². The van der Waals surface area contributed by atoms with Gasteiger partial charge in [-0.2, -0.15) is 5.10 Å². The molecule has 0 aliphatic rings. The van der Waals surface area contributed by atoms with Crippen molar-refractivity contribution in [1.82, 2.24) is 9.78 Å². The van der Waals surface area contributed by atoms with Crippen molar-refractivity contribution in [2.45, 2.75) is 26.0 Å². The van der Waals surface area contributed by atoms with E-state index < -0.39 is 5.60 Å². The fraction of sp³-hybridized carbons (Fsp3) is 0.308. The first-order valence-electron chi connectivity index (χ1n) is 5.58. The van der Waals surface area contributed by atoms with Gasteiger partial charge in [0.15, 0.2) is 0 Å². The molecule has 0 fully saturated rings. The van der Waals surface area contributed by atoms with Crippen molar-refractivity contribution in [2.75, 3.05) is 0 Å². The first-order valence-corrected chi connectivity index (χ1v) is 5.58. The molecule has 0 atom stereocenters. The average Bonchev–Trinajstić information content (AvgIpc) is 2.78. The number of benzene rings is 1. The maximum absolute atomic E-state index is 9.85. The van der Waals surface area contributed by atoms with Gasteiger partial charge in [-0.25, -0.2) is 4.68 Å². The van der Waals surface area contributed by atoms with Gasteiger partial charge >= 0.3 is 0 Å². The highest BCUT2D eigenvalue weighted by atomic mass is 16.3. The molecule has 90 valence electrons. The maximum Gasteiger partial charge on any atom is 0.103 e. The molecule has 0 aliphatic heterocycles. The van der Waals surface area contributed by atoms with E-state index in [-0.39, 0.29) is 0 Å². The topological polar surface area (TPSA) is 64.1 Å². The molecule has 2 aromatic rings. The molecule has 0 spiro atoms. The summed E-state index contributed by atoms with van der Waals surface area (Å²) in [6, 6.07) is 9.68. The lowest BCUT2D eigenvalue weighted by molar-refractivity contribution is 0.0734. The van der Waals surface area contributed by atoms with Crippen molar-refractivity contribution >= 4 is 0 Å². The Morgan fingerprint density at radius 2 is 2.12 bits per heavy atom. The van der Waals surface area contributed by atoms with E-state index in [0.29, 0.717) is 12.2 Å². The number of hydrogen-bond acceptors (Lipinski definition) is 3. The third kappa shape index (κ3) is 2.54. The van der Waals surface area contributed by atoms with Crippen LogP contribution in [-0.4, -0.2) is 14.9 Å². The van der Waals surface area contributed by atoms with Crippen LogP contribution in [0.3, 0.4) is 0 Å². The average molecular weight is 231 g/mol. The molecule has 0 unspecified atom stereocenters. The van der Waals surface area contributed by atoms with Gasteiger partial charge in [-0.05, 0) is 37.6 Å². The highest BCUT2D eigenvalue weighted by Gasteiger charge is 2.19. The molecule has 1 aromatic carbocycles. The highest BCUT2D eigenvalue weighted by Crippen LogP contribution is 2.18. The highest BCUT2D eigenvalue weighted by molar-refractivity contribution is 5.35. The zero-order chi connectivity index (χ0) is 12.5. The summed E-state index contributed by atoms with van der Waals surface area (Å²) in [5.41, 5.74) is 7.34. The van der Waals surface area contributed by atoms with E-state index in [9.17, 15) is 5.11 Å². The summed E-state index contributed by atoms with van der Waals surface area (Å²) < 4.78 is 1.74. The molecule has 0 amide bonds. The first-order chi connectivity index (χ1) is 8.00. The van der Waals surface area contributed by atoms with Crippen LogP contribution in [0.4, 0.5) is 0 Å². The fourth-order valence-electron chi connectivity index (χ4n) is 1.62. The van der Waals surface area contributed by atoms with Crippen LogP contribution in [0.15, 0.2) is 36.5 Å². The fourth-order valence-corrected chi connectivity index (χ4v) is 1.62. The summed E-state index contributed by atoms with van der Waals surface area (Å²) in [4.78, 5) is 0. The maximum atomic E-state index is 9.85. The van der Waals surface area contributed by atoms with Crippen LogP contribution in [0.25, 0.3) is 5.69 Å². The van der Waals surface area contributed by atoms with Gasteiger partial charge in [0, 0.05) is 12.7 Å². The first kappa shape index (κ1) is 11.8. The monoisotopic (exact) mass is 231 g/mol. The molecule has 1 aromatic heterocycles. The van der Waals surface area contributed by atoms with E-state index in [4.69, 9.17) is 5.73 Å². The van der Waals surface area contributed by atoms with Gasteiger partial charge in [-0.15, -0.1) is 0 Å². The van der Waals surface area contributed by atoms with E-state index in [2.05, 4.69) is 5.10 Å². The van der Waals surface area contributed by atoms with E-state index in [0.717, 1.165) is 11.3 Å². The minimum absolute atomic E-state index is 0.507. The Hall–Kier alpha value is -1.65. The van der Waals surface area contributed by atoms with Crippen LogP contribution in [0, 0.1) is 0 Å². The van der Waals surface area contributed by atoms with Gasteiger partial charge in [-0.3, -0.25) is 0 Å². The Balaban J connectivity index is 2.37. The van der Waals surface area contributed by atoms with Gasteiger partial charge in [0.2, 0.25) is 0 Å². The van der Waals surface area contributed by atoms with Crippen LogP contribution in [0.2, 0.25) is 0 Å². The van der Waals surface area contributed by atoms with Crippen molar-refractivity contribution in [3.05, 3.63) is 47.8 Å². The van der Waals surface area contributed by atoms with Crippen molar-refractivity contribution in [3.63, 3.8) is 0 Å². The largest absolute Gasteiger partial charge is 0.384 e. The Morgan fingerprint density at radius 3 is 2.71 bits per heavy atom. The number of aliphatic hydroxyl groups is 1. The number of nitrogens with two attached hydrogens (primary N) is 1. The lowest BCUT2D eigenvalue weighted by Crippen LogP contribution is -2.16. The molecule has 3 N–H and O–H groups in total. The molecule has 1 heterocycles. The van der Waals surface area contributed by atoms with Gasteiger partial charge in [-0.1, -0.05) is 12.1 Å². The molecular weight excluding hydrogens is 214 g/mol. The van der Waals surface area contributed by atoms with Crippen LogP contribution in [-0.2, 0) is 12.1 Å². The molecular formula is C13H17N3O. The van der Waals surface area contributed by atoms with Gasteiger partial charge in [0.1, 0.15) is 5.60 Å². The van der Waals surface area contributed by atoms with Gasteiger partial charge < -0.3 is 10.8 Å². The molecule has 0 bridgehead atoms. The molecule has 17 heavy (non-hydrogen) atoms. The summed E-state index contributed by atoms with van der Waals surface area (Å²) >= 11 is 0. The quantitative estimate of drug-likeness (QED) is 0.842. The molecule has 4 heteroatoms. The standard InChI is InChI=1S/C13H17N3O/c1-13(2,17)12-6-7-16(15-12)11-5-3-4-10(8-11)9-14/h3-8,17H,9,14H2,1-2H3. The number of hydrogen-bond donors (Lipinski definition) is 2. The van der Waals surface area contributed by atoms with Gasteiger partial charge in [0.05, 0.1) is 11.4 Å². The van der Waals surface area contributed by atoms with E-state index in [1.165, 1.54) is 0 Å². The summed E-state index contributed by atoms with van der Waals surface area (Å²) in [6.45, 7) is 3.94. The summed E-state index contributed by atoms with van der Waals surface area (Å²) in [7, 11) is 0. The zero-order valence-corrected chi connectivity index (χ0v) is 10.1. The number of nitrogens with zero attached hydrogens (tertiary/aromatic N) is 2. The second-order valence-corrected chi connectivity index (χ2v) is 4.58. The molecule has 0 radical (unpaired) electrons. The molecule has 0 aliphatic carbocycles. The van der Waals surface area contributed by atoms with Crippen LogP contribution < -0.4 is 5.73 Å². The Morgan fingerprint density at radius 1 is 1.35 bits per heavy atom. The lowest BCUT2D eigenvalue weighted by Gasteiger charge is -2.13. The summed E-state index contributed by atoms with van der Waals surface area (Å²) in [6.07, 6.45) is 1.84. The van der Waals surface area contributed by atoms with Crippen LogP contribution in [0.5, 0.6) is 0 Å². The minimum atomic E-state index is -0.920. The van der Waals surface area contributed by atoms with E-state index >= 15 is 0 Å².